The van der Waals surface area contributed by atoms with Gasteiger partial charge in [-0.05, 0) is 25.2 Å². The molecule has 2 heterocycles. The molecule has 1 aliphatic carbocycles. The third kappa shape index (κ3) is 3.81. The highest BCUT2D eigenvalue weighted by atomic mass is 32.2. The SMILES string of the molecule is COCc1nc2n(n1)CCC[C@@H]2NS(=O)(=O)CCC1CC1. The molecule has 1 aliphatic heterocycles. The van der Waals surface area contributed by atoms with Crippen molar-refractivity contribution >= 4 is 10.0 Å². The second-order valence-electron chi connectivity index (χ2n) is 5.91. The number of methoxy groups -OCH3 is 1. The molecule has 21 heavy (non-hydrogen) atoms. The van der Waals surface area contributed by atoms with Crippen molar-refractivity contribution < 1.29 is 13.2 Å². The Kier molecular flexibility index (Phi) is 4.28. The first-order valence-electron chi connectivity index (χ1n) is 7.50. The van der Waals surface area contributed by atoms with Crippen LogP contribution in [0.25, 0.3) is 0 Å². The van der Waals surface area contributed by atoms with Crippen molar-refractivity contribution in [3.8, 4) is 0 Å². The van der Waals surface area contributed by atoms with Crippen LogP contribution in [0.5, 0.6) is 0 Å². The van der Waals surface area contributed by atoms with Crippen LogP contribution in [0.3, 0.4) is 0 Å². The van der Waals surface area contributed by atoms with Gasteiger partial charge in [-0.15, -0.1) is 0 Å². The maximum atomic E-state index is 12.2. The van der Waals surface area contributed by atoms with E-state index in [1.807, 2.05) is 0 Å². The normalized spacial score (nSPS) is 22.2. The molecule has 1 fully saturated rings. The zero-order valence-corrected chi connectivity index (χ0v) is 13.1. The van der Waals surface area contributed by atoms with E-state index in [-0.39, 0.29) is 11.8 Å². The molecule has 2 aliphatic rings. The molecule has 0 aromatic carbocycles. The lowest BCUT2D eigenvalue weighted by molar-refractivity contribution is 0.177. The summed E-state index contributed by atoms with van der Waals surface area (Å²) in [5.74, 6) is 2.15. The minimum Gasteiger partial charge on any atom is -0.377 e. The molecule has 0 unspecified atom stereocenters. The van der Waals surface area contributed by atoms with Crippen LogP contribution in [-0.4, -0.2) is 36.0 Å². The van der Waals surface area contributed by atoms with Gasteiger partial charge < -0.3 is 4.74 Å². The summed E-state index contributed by atoms with van der Waals surface area (Å²) in [6.07, 6.45) is 4.79. The van der Waals surface area contributed by atoms with Crippen molar-refractivity contribution in [1.82, 2.24) is 19.5 Å². The van der Waals surface area contributed by atoms with E-state index in [4.69, 9.17) is 4.74 Å². The number of hydrogen-bond donors (Lipinski definition) is 1. The Hall–Kier alpha value is -0.990. The standard InChI is InChI=1S/C13H22N4O3S/c1-20-9-12-14-13-11(3-2-7-17(13)15-12)16-21(18,19)8-6-10-4-5-10/h10-11,16H,2-9H2,1H3/t11-/m0/s1. The van der Waals surface area contributed by atoms with E-state index >= 15 is 0 Å². The highest BCUT2D eigenvalue weighted by molar-refractivity contribution is 7.89. The Morgan fingerprint density at radius 2 is 2.19 bits per heavy atom. The summed E-state index contributed by atoms with van der Waals surface area (Å²) < 4.78 is 34.0. The largest absolute Gasteiger partial charge is 0.377 e. The van der Waals surface area contributed by atoms with Gasteiger partial charge in [0.15, 0.2) is 5.82 Å². The fraction of sp³-hybridized carbons (Fsp3) is 0.846. The molecule has 0 radical (unpaired) electrons. The molecule has 118 valence electrons. The zero-order valence-electron chi connectivity index (χ0n) is 12.3. The van der Waals surface area contributed by atoms with E-state index in [1.54, 1.807) is 11.8 Å². The average Bonchev–Trinajstić information content (AvgIpc) is 3.17. The van der Waals surface area contributed by atoms with Crippen molar-refractivity contribution in [3.63, 3.8) is 0 Å². The summed E-state index contributed by atoms with van der Waals surface area (Å²) in [5, 5.41) is 4.35. The molecule has 3 rings (SSSR count). The van der Waals surface area contributed by atoms with E-state index in [0.29, 0.717) is 24.2 Å². The first-order valence-corrected chi connectivity index (χ1v) is 9.15. The van der Waals surface area contributed by atoms with Crippen molar-refractivity contribution in [2.24, 2.45) is 5.92 Å². The predicted molar refractivity (Wildman–Crippen MR) is 77.0 cm³/mol. The molecular weight excluding hydrogens is 292 g/mol. The van der Waals surface area contributed by atoms with Gasteiger partial charge in [0.25, 0.3) is 0 Å². The van der Waals surface area contributed by atoms with Crippen LogP contribution in [0.4, 0.5) is 0 Å². The fourth-order valence-electron chi connectivity index (χ4n) is 2.71. The Balaban J connectivity index is 1.68. The van der Waals surface area contributed by atoms with Crippen LogP contribution in [0.15, 0.2) is 0 Å². The number of hydrogen-bond acceptors (Lipinski definition) is 5. The van der Waals surface area contributed by atoms with Crippen LogP contribution < -0.4 is 4.72 Å². The summed E-state index contributed by atoms with van der Waals surface area (Å²) in [5.41, 5.74) is 0. The molecule has 0 saturated heterocycles. The quantitative estimate of drug-likeness (QED) is 0.811. The Bertz CT molecular complexity index is 595. The second-order valence-corrected chi connectivity index (χ2v) is 7.78. The fourth-order valence-corrected chi connectivity index (χ4v) is 4.12. The Morgan fingerprint density at radius 1 is 1.38 bits per heavy atom. The summed E-state index contributed by atoms with van der Waals surface area (Å²) in [7, 11) is -1.65. The van der Waals surface area contributed by atoms with Gasteiger partial charge in [0.1, 0.15) is 12.4 Å². The van der Waals surface area contributed by atoms with Gasteiger partial charge in [-0.2, -0.15) is 5.10 Å². The van der Waals surface area contributed by atoms with Crippen molar-refractivity contribution in [2.75, 3.05) is 12.9 Å². The minimum absolute atomic E-state index is 0.216. The third-order valence-corrected chi connectivity index (χ3v) is 5.42. The summed E-state index contributed by atoms with van der Waals surface area (Å²) in [4.78, 5) is 4.41. The van der Waals surface area contributed by atoms with Crippen LogP contribution in [0.1, 0.15) is 49.8 Å². The molecule has 1 atom stereocenters. The van der Waals surface area contributed by atoms with Crippen LogP contribution in [-0.2, 0) is 27.9 Å². The maximum Gasteiger partial charge on any atom is 0.212 e. The topological polar surface area (TPSA) is 86.1 Å². The number of fused-ring (bicyclic) bond motifs is 1. The molecular formula is C13H22N4O3S. The summed E-state index contributed by atoms with van der Waals surface area (Å²) in [6.45, 7) is 1.13. The van der Waals surface area contributed by atoms with E-state index in [0.717, 1.165) is 25.8 Å². The number of ether oxygens (including phenoxy) is 1. The monoisotopic (exact) mass is 314 g/mol. The van der Waals surface area contributed by atoms with Gasteiger partial charge >= 0.3 is 0 Å². The van der Waals surface area contributed by atoms with Gasteiger partial charge in [-0.3, -0.25) is 0 Å². The highest BCUT2D eigenvalue weighted by Crippen LogP contribution is 2.33. The minimum atomic E-state index is -3.24. The molecule has 0 amide bonds. The average molecular weight is 314 g/mol. The molecule has 1 saturated carbocycles. The van der Waals surface area contributed by atoms with Gasteiger partial charge in [0, 0.05) is 13.7 Å². The Morgan fingerprint density at radius 3 is 2.90 bits per heavy atom. The van der Waals surface area contributed by atoms with Crippen molar-refractivity contribution in [1.29, 1.82) is 0 Å². The summed E-state index contributed by atoms with van der Waals surface area (Å²) >= 11 is 0. The van der Waals surface area contributed by atoms with Gasteiger partial charge in [-0.1, -0.05) is 12.8 Å². The summed E-state index contributed by atoms with van der Waals surface area (Å²) in [6, 6.07) is -0.263. The lowest BCUT2D eigenvalue weighted by atomic mass is 10.1. The first-order chi connectivity index (χ1) is 10.1. The first kappa shape index (κ1) is 14.9. The van der Waals surface area contributed by atoms with Crippen molar-refractivity contribution in [2.45, 2.75) is 51.3 Å². The number of rotatable bonds is 7. The van der Waals surface area contributed by atoms with E-state index in [9.17, 15) is 8.42 Å². The molecule has 0 bridgehead atoms. The van der Waals surface area contributed by atoms with E-state index < -0.39 is 10.0 Å². The van der Waals surface area contributed by atoms with Crippen LogP contribution in [0.2, 0.25) is 0 Å². The maximum absolute atomic E-state index is 12.2. The molecule has 1 aromatic rings. The number of aromatic nitrogens is 3. The zero-order chi connectivity index (χ0) is 14.9. The lowest BCUT2D eigenvalue weighted by Gasteiger charge is -2.22. The number of aryl methyl sites for hydroxylation is 1. The molecule has 8 heteroatoms. The van der Waals surface area contributed by atoms with E-state index in [1.165, 1.54) is 12.8 Å². The van der Waals surface area contributed by atoms with E-state index in [2.05, 4.69) is 14.8 Å². The van der Waals surface area contributed by atoms with Gasteiger partial charge in [0.05, 0.1) is 11.8 Å². The third-order valence-electron chi connectivity index (χ3n) is 4.01. The highest BCUT2D eigenvalue weighted by Gasteiger charge is 2.29. The second kappa shape index (κ2) is 6.02. The molecule has 1 aromatic heterocycles. The number of sulfonamides is 1. The molecule has 0 spiro atoms. The molecule has 1 N–H and O–H groups in total. The number of nitrogens with one attached hydrogen (secondary N) is 1. The molecule has 7 nitrogen and oxygen atoms in total. The Labute approximate surface area is 125 Å². The number of nitrogens with zero attached hydrogens (tertiary/aromatic N) is 3. The predicted octanol–water partition coefficient (Wildman–Crippen LogP) is 0.979. The smallest absolute Gasteiger partial charge is 0.212 e. The van der Waals surface area contributed by atoms with Gasteiger partial charge in [0.2, 0.25) is 10.0 Å². The lowest BCUT2D eigenvalue weighted by Crippen LogP contribution is -2.34. The van der Waals surface area contributed by atoms with Gasteiger partial charge in [-0.25, -0.2) is 22.8 Å². The van der Waals surface area contributed by atoms with Crippen molar-refractivity contribution in [3.05, 3.63) is 11.6 Å². The van der Waals surface area contributed by atoms with Crippen LogP contribution >= 0.6 is 0 Å². The van der Waals surface area contributed by atoms with Crippen LogP contribution in [0, 0.1) is 5.92 Å².